The van der Waals surface area contributed by atoms with Gasteiger partial charge < -0.3 is 5.11 Å². The Hall–Kier alpha value is -2.57. The van der Waals surface area contributed by atoms with E-state index in [2.05, 4.69) is 42.9 Å². The van der Waals surface area contributed by atoms with Crippen molar-refractivity contribution in [3.63, 3.8) is 0 Å². The van der Waals surface area contributed by atoms with Crippen LogP contribution in [0, 0.1) is 25.8 Å². The molecule has 110 valence electrons. The smallest absolute Gasteiger partial charge is 0.113 e. The van der Waals surface area contributed by atoms with E-state index in [1.54, 1.807) is 13.1 Å². The average molecular weight is 290 g/mol. The zero-order valence-corrected chi connectivity index (χ0v) is 13.0. The summed E-state index contributed by atoms with van der Waals surface area (Å²) in [5, 5.41) is 10.7. The fourth-order valence-corrected chi connectivity index (χ4v) is 2.86. The van der Waals surface area contributed by atoms with Crippen molar-refractivity contribution >= 4 is 10.9 Å². The van der Waals surface area contributed by atoms with Crippen molar-refractivity contribution in [2.45, 2.75) is 26.9 Å². The first kappa shape index (κ1) is 14.4. The Balaban J connectivity index is 2.40. The summed E-state index contributed by atoms with van der Waals surface area (Å²) in [6.07, 6.45) is 2.94. The first-order valence-corrected chi connectivity index (χ1v) is 7.30. The van der Waals surface area contributed by atoms with Crippen LogP contribution >= 0.6 is 0 Å². The maximum Gasteiger partial charge on any atom is 0.113 e. The van der Waals surface area contributed by atoms with Gasteiger partial charge in [0.2, 0.25) is 0 Å². The fourth-order valence-electron chi connectivity index (χ4n) is 2.86. The van der Waals surface area contributed by atoms with E-state index in [1.165, 1.54) is 16.5 Å². The minimum atomic E-state index is -0.663. The molecule has 0 bridgehead atoms. The van der Waals surface area contributed by atoms with Crippen LogP contribution in [0.5, 0.6) is 0 Å². The normalized spacial score (nSPS) is 12.0. The number of fused-ring (bicyclic) bond motifs is 1. The van der Waals surface area contributed by atoms with Crippen LogP contribution in [0.4, 0.5) is 0 Å². The molecule has 3 rings (SSSR count). The van der Waals surface area contributed by atoms with E-state index in [-0.39, 0.29) is 0 Å². The number of aryl methyl sites for hydroxylation is 2. The average Bonchev–Trinajstić information content (AvgIpc) is 2.79. The zero-order chi connectivity index (χ0) is 15.7. The van der Waals surface area contributed by atoms with E-state index in [9.17, 15) is 5.11 Å². The molecule has 0 radical (unpaired) electrons. The largest absolute Gasteiger partial charge is 0.381 e. The summed E-state index contributed by atoms with van der Waals surface area (Å²) in [5.41, 5.74) is 5.52. The third-order valence-corrected chi connectivity index (χ3v) is 3.77. The first-order valence-electron chi connectivity index (χ1n) is 7.30. The van der Waals surface area contributed by atoms with Crippen LogP contribution in [0.15, 0.2) is 42.7 Å². The van der Waals surface area contributed by atoms with E-state index in [4.69, 9.17) is 0 Å². The van der Waals surface area contributed by atoms with Gasteiger partial charge in [-0.25, -0.2) is 0 Å². The minimum absolute atomic E-state index is 0.663. The van der Waals surface area contributed by atoms with Gasteiger partial charge in [0.05, 0.1) is 11.2 Å². The molecular formula is C19H18N2O. The molecule has 1 N–H and O–H groups in total. The third-order valence-electron chi connectivity index (χ3n) is 3.77. The van der Waals surface area contributed by atoms with Crippen LogP contribution < -0.4 is 0 Å². The van der Waals surface area contributed by atoms with E-state index in [0.717, 1.165) is 16.8 Å². The van der Waals surface area contributed by atoms with Gasteiger partial charge in [0.15, 0.2) is 0 Å². The Morgan fingerprint density at radius 3 is 2.68 bits per heavy atom. The standard InChI is InChI=1S/C19H18N2O/c1-13-6-4-8-17-18(13)15(3)19(16-7-5-10-20-12-16)21(17)11-9-14(2)22/h4-8,10,12,14,22H,1-3H3. The number of hydrogen-bond acceptors (Lipinski definition) is 2. The van der Waals surface area contributed by atoms with Gasteiger partial charge in [-0.3, -0.25) is 9.55 Å². The molecule has 2 aromatic heterocycles. The van der Waals surface area contributed by atoms with E-state index in [1.807, 2.05) is 29.0 Å². The molecule has 2 heterocycles. The van der Waals surface area contributed by atoms with Crippen LogP contribution in [0.3, 0.4) is 0 Å². The number of pyridine rings is 1. The van der Waals surface area contributed by atoms with Gasteiger partial charge in [-0.2, -0.15) is 0 Å². The molecule has 22 heavy (non-hydrogen) atoms. The summed E-state index contributed by atoms with van der Waals surface area (Å²) in [4.78, 5) is 4.22. The molecule has 1 unspecified atom stereocenters. The summed E-state index contributed by atoms with van der Waals surface area (Å²) in [5.74, 6) is 2.84. The molecule has 3 nitrogen and oxygen atoms in total. The molecule has 3 heteroatoms. The van der Waals surface area contributed by atoms with Crippen LogP contribution in [-0.2, 0) is 0 Å². The number of aliphatic hydroxyl groups is 1. The minimum Gasteiger partial charge on any atom is -0.381 e. The van der Waals surface area contributed by atoms with Gasteiger partial charge in [-0.15, -0.1) is 0 Å². The fraction of sp³-hybridized carbons (Fsp3) is 0.211. The molecule has 1 aromatic carbocycles. The summed E-state index contributed by atoms with van der Waals surface area (Å²) in [6, 6.07) is 13.2. The first-order chi connectivity index (χ1) is 10.6. The monoisotopic (exact) mass is 290 g/mol. The van der Waals surface area contributed by atoms with E-state index >= 15 is 0 Å². The van der Waals surface area contributed by atoms with Crippen LogP contribution in [0.1, 0.15) is 18.1 Å². The highest BCUT2D eigenvalue weighted by Gasteiger charge is 2.16. The maximum absolute atomic E-state index is 9.51. The highest BCUT2D eigenvalue weighted by atomic mass is 16.3. The molecule has 0 aliphatic heterocycles. The van der Waals surface area contributed by atoms with Crippen molar-refractivity contribution in [3.05, 3.63) is 53.9 Å². The predicted molar refractivity (Wildman–Crippen MR) is 89.5 cm³/mol. The van der Waals surface area contributed by atoms with Crippen LogP contribution in [-0.4, -0.2) is 20.8 Å². The van der Waals surface area contributed by atoms with E-state index < -0.39 is 6.10 Å². The lowest BCUT2D eigenvalue weighted by Gasteiger charge is -2.04. The number of aromatic nitrogens is 2. The van der Waals surface area contributed by atoms with Gasteiger partial charge in [0, 0.05) is 29.4 Å². The van der Waals surface area contributed by atoms with Crippen molar-refractivity contribution in [3.8, 4) is 23.2 Å². The second kappa shape index (κ2) is 5.67. The second-order valence-electron chi connectivity index (χ2n) is 5.45. The van der Waals surface area contributed by atoms with Gasteiger partial charge >= 0.3 is 0 Å². The molecule has 0 spiro atoms. The second-order valence-corrected chi connectivity index (χ2v) is 5.45. The number of rotatable bonds is 1. The quantitative estimate of drug-likeness (QED) is 0.696. The predicted octanol–water partition coefficient (Wildman–Crippen LogP) is 3.51. The van der Waals surface area contributed by atoms with Crippen molar-refractivity contribution < 1.29 is 5.11 Å². The maximum atomic E-state index is 9.51. The van der Waals surface area contributed by atoms with Crippen molar-refractivity contribution in [2.75, 3.05) is 0 Å². The van der Waals surface area contributed by atoms with Crippen LogP contribution in [0.2, 0.25) is 0 Å². The number of benzene rings is 1. The summed E-state index contributed by atoms with van der Waals surface area (Å²) < 4.78 is 1.96. The molecular weight excluding hydrogens is 272 g/mol. The lowest BCUT2D eigenvalue weighted by atomic mass is 10.0. The Labute approximate surface area is 130 Å². The number of hydrogen-bond donors (Lipinski definition) is 1. The molecule has 0 fully saturated rings. The Bertz CT molecular complexity index is 880. The Morgan fingerprint density at radius 1 is 1.18 bits per heavy atom. The molecule has 0 aliphatic rings. The molecule has 0 saturated heterocycles. The molecule has 1 atom stereocenters. The topological polar surface area (TPSA) is 38.0 Å². The van der Waals surface area contributed by atoms with Gasteiger partial charge in [0.1, 0.15) is 6.10 Å². The molecule has 0 aliphatic carbocycles. The molecule has 0 saturated carbocycles. The highest BCUT2D eigenvalue weighted by Crippen LogP contribution is 2.34. The Kier molecular flexibility index (Phi) is 3.70. The number of nitrogens with zero attached hydrogens (tertiary/aromatic N) is 2. The van der Waals surface area contributed by atoms with Gasteiger partial charge in [0.25, 0.3) is 0 Å². The van der Waals surface area contributed by atoms with Crippen molar-refractivity contribution in [2.24, 2.45) is 0 Å². The number of aliphatic hydroxyl groups excluding tert-OH is 1. The van der Waals surface area contributed by atoms with E-state index in [0.29, 0.717) is 0 Å². The summed E-state index contributed by atoms with van der Waals surface area (Å²) in [6.45, 7) is 5.88. The molecule has 0 amide bonds. The van der Waals surface area contributed by atoms with Crippen molar-refractivity contribution in [1.82, 2.24) is 9.55 Å². The Morgan fingerprint density at radius 2 is 2.00 bits per heavy atom. The lowest BCUT2D eigenvalue weighted by Crippen LogP contribution is -1.98. The van der Waals surface area contributed by atoms with Gasteiger partial charge in [-0.05, 0) is 56.0 Å². The lowest BCUT2D eigenvalue weighted by molar-refractivity contribution is 0.253. The van der Waals surface area contributed by atoms with Crippen molar-refractivity contribution in [1.29, 1.82) is 0 Å². The summed E-state index contributed by atoms with van der Waals surface area (Å²) in [7, 11) is 0. The van der Waals surface area contributed by atoms with Gasteiger partial charge in [-0.1, -0.05) is 12.1 Å². The highest BCUT2D eigenvalue weighted by molar-refractivity contribution is 5.94. The molecule has 3 aromatic rings. The third kappa shape index (κ3) is 2.38. The summed E-state index contributed by atoms with van der Waals surface area (Å²) >= 11 is 0. The zero-order valence-electron chi connectivity index (χ0n) is 13.0. The van der Waals surface area contributed by atoms with Crippen LogP contribution in [0.25, 0.3) is 22.2 Å². The SMILES string of the molecule is Cc1cccc2c1c(C)c(-c1cccnc1)n2C#CC(C)O.